The van der Waals surface area contributed by atoms with Gasteiger partial charge in [0.2, 0.25) is 0 Å². The standard InChI is InChI=1S/C8H9NO4/c1-7(10)13-8(9(11)12)5-3-2-4-6-8/h2-5H,6H2,1H3. The summed E-state index contributed by atoms with van der Waals surface area (Å²) in [5.74, 6) is -0.656. The molecule has 0 aromatic rings. The molecule has 0 radical (unpaired) electrons. The Morgan fingerprint density at radius 1 is 1.62 bits per heavy atom. The molecule has 0 amide bonds. The number of nitro groups is 1. The van der Waals surface area contributed by atoms with Gasteiger partial charge < -0.3 is 4.74 Å². The van der Waals surface area contributed by atoms with Crippen molar-refractivity contribution in [1.29, 1.82) is 0 Å². The number of allylic oxidation sites excluding steroid dienone is 2. The second kappa shape index (κ2) is 3.38. The molecule has 0 bridgehead atoms. The Balaban J connectivity index is 2.88. The van der Waals surface area contributed by atoms with Crippen LogP contribution in [0.3, 0.4) is 0 Å². The van der Waals surface area contributed by atoms with E-state index in [1.54, 1.807) is 12.2 Å². The van der Waals surface area contributed by atoms with Crippen molar-refractivity contribution in [2.75, 3.05) is 0 Å². The van der Waals surface area contributed by atoms with Gasteiger partial charge in [0.15, 0.2) is 0 Å². The third-order valence-electron chi connectivity index (χ3n) is 1.64. The topological polar surface area (TPSA) is 69.4 Å². The van der Waals surface area contributed by atoms with E-state index in [9.17, 15) is 14.9 Å². The molecular formula is C8H9NO4. The van der Waals surface area contributed by atoms with Crippen LogP contribution in [0.25, 0.3) is 0 Å². The van der Waals surface area contributed by atoms with Crippen LogP contribution in [0.2, 0.25) is 0 Å². The fraction of sp³-hybridized carbons (Fsp3) is 0.375. The molecule has 0 N–H and O–H groups in total. The molecule has 5 heteroatoms. The Morgan fingerprint density at radius 2 is 2.31 bits per heavy atom. The van der Waals surface area contributed by atoms with Crippen molar-refractivity contribution >= 4 is 5.97 Å². The molecule has 0 spiro atoms. The van der Waals surface area contributed by atoms with Gasteiger partial charge >= 0.3 is 11.7 Å². The van der Waals surface area contributed by atoms with Gasteiger partial charge in [-0.25, -0.2) is 0 Å². The number of hydrogen-bond acceptors (Lipinski definition) is 4. The number of ether oxygens (including phenoxy) is 1. The molecule has 0 aromatic heterocycles. The number of carbonyl (C=O) groups excluding carboxylic acids is 1. The van der Waals surface area contributed by atoms with Crippen molar-refractivity contribution in [3.63, 3.8) is 0 Å². The van der Waals surface area contributed by atoms with E-state index in [-0.39, 0.29) is 6.42 Å². The second-order valence-corrected chi connectivity index (χ2v) is 2.69. The Bertz CT molecular complexity index is 295. The van der Waals surface area contributed by atoms with Gasteiger partial charge in [-0.05, 0) is 0 Å². The molecule has 13 heavy (non-hydrogen) atoms. The molecule has 0 aliphatic heterocycles. The van der Waals surface area contributed by atoms with Gasteiger partial charge in [0.05, 0.1) is 11.3 Å². The van der Waals surface area contributed by atoms with E-state index in [1.807, 2.05) is 0 Å². The summed E-state index contributed by atoms with van der Waals surface area (Å²) in [6, 6.07) is 0. The van der Waals surface area contributed by atoms with Gasteiger partial charge in [-0.1, -0.05) is 18.2 Å². The summed E-state index contributed by atoms with van der Waals surface area (Å²) in [6.45, 7) is 1.15. The van der Waals surface area contributed by atoms with Crippen LogP contribution >= 0.6 is 0 Å². The first kappa shape index (κ1) is 9.44. The van der Waals surface area contributed by atoms with Crippen LogP contribution in [0.15, 0.2) is 24.3 Å². The van der Waals surface area contributed by atoms with Gasteiger partial charge in [0.25, 0.3) is 0 Å². The van der Waals surface area contributed by atoms with Crippen LogP contribution in [0.1, 0.15) is 13.3 Å². The summed E-state index contributed by atoms with van der Waals surface area (Å²) in [5.41, 5.74) is -1.69. The van der Waals surface area contributed by atoms with E-state index in [0.29, 0.717) is 0 Å². The Kier molecular flexibility index (Phi) is 2.46. The summed E-state index contributed by atoms with van der Waals surface area (Å²) in [6.07, 6.45) is 6.11. The maximum atomic E-state index is 10.7. The average molecular weight is 183 g/mol. The minimum atomic E-state index is -1.69. The molecule has 70 valence electrons. The van der Waals surface area contributed by atoms with E-state index < -0.39 is 16.6 Å². The Morgan fingerprint density at radius 3 is 2.69 bits per heavy atom. The van der Waals surface area contributed by atoms with E-state index >= 15 is 0 Å². The lowest BCUT2D eigenvalue weighted by Gasteiger charge is -2.20. The smallest absolute Gasteiger partial charge is 0.388 e. The van der Waals surface area contributed by atoms with Crippen molar-refractivity contribution in [2.24, 2.45) is 0 Å². The average Bonchev–Trinajstić information content (AvgIpc) is 2.04. The highest BCUT2D eigenvalue weighted by molar-refractivity contribution is 5.66. The number of nitrogens with zero attached hydrogens (tertiary/aromatic N) is 1. The van der Waals surface area contributed by atoms with Crippen molar-refractivity contribution < 1.29 is 14.5 Å². The third kappa shape index (κ3) is 1.93. The predicted molar refractivity (Wildman–Crippen MR) is 44.4 cm³/mol. The van der Waals surface area contributed by atoms with Crippen molar-refractivity contribution in [3.8, 4) is 0 Å². The number of hydrogen-bond donors (Lipinski definition) is 0. The second-order valence-electron chi connectivity index (χ2n) is 2.69. The largest absolute Gasteiger partial charge is 0.392 e. The summed E-state index contributed by atoms with van der Waals surface area (Å²) in [7, 11) is 0. The first-order valence-electron chi connectivity index (χ1n) is 3.75. The molecule has 1 aliphatic rings. The molecule has 0 aromatic carbocycles. The van der Waals surface area contributed by atoms with Gasteiger partial charge in [0, 0.05) is 13.0 Å². The highest BCUT2D eigenvalue weighted by atomic mass is 16.7. The van der Waals surface area contributed by atoms with Crippen LogP contribution in [0.5, 0.6) is 0 Å². The SMILES string of the molecule is CC(=O)OC1([N+](=O)[O-])C=CC=CC1. The molecule has 0 saturated heterocycles. The van der Waals surface area contributed by atoms with Crippen molar-refractivity contribution in [3.05, 3.63) is 34.4 Å². The van der Waals surface area contributed by atoms with Crippen LogP contribution in [-0.4, -0.2) is 16.6 Å². The molecule has 5 nitrogen and oxygen atoms in total. The lowest BCUT2D eigenvalue weighted by molar-refractivity contribution is -0.604. The minimum Gasteiger partial charge on any atom is -0.392 e. The van der Waals surface area contributed by atoms with Gasteiger partial charge in [0.1, 0.15) is 0 Å². The summed E-state index contributed by atoms with van der Waals surface area (Å²) in [4.78, 5) is 20.7. The van der Waals surface area contributed by atoms with Crippen LogP contribution < -0.4 is 0 Å². The summed E-state index contributed by atoms with van der Waals surface area (Å²) in [5, 5.41) is 10.7. The Hall–Kier alpha value is -1.65. The quantitative estimate of drug-likeness (QED) is 0.277. The van der Waals surface area contributed by atoms with Crippen molar-refractivity contribution in [1.82, 2.24) is 0 Å². The highest BCUT2D eigenvalue weighted by Crippen LogP contribution is 2.23. The Labute approximate surface area is 74.8 Å². The van der Waals surface area contributed by atoms with E-state index in [1.165, 1.54) is 12.2 Å². The van der Waals surface area contributed by atoms with Crippen molar-refractivity contribution in [2.45, 2.75) is 19.1 Å². The maximum Gasteiger partial charge on any atom is 0.388 e. The van der Waals surface area contributed by atoms with E-state index in [0.717, 1.165) is 6.92 Å². The molecule has 1 aliphatic carbocycles. The molecule has 0 fully saturated rings. The summed E-state index contributed by atoms with van der Waals surface area (Å²) < 4.78 is 4.66. The monoisotopic (exact) mass is 183 g/mol. The zero-order valence-corrected chi connectivity index (χ0v) is 7.10. The first-order chi connectivity index (χ1) is 6.07. The maximum absolute atomic E-state index is 10.7. The van der Waals surface area contributed by atoms with Crippen LogP contribution in [-0.2, 0) is 9.53 Å². The molecular weight excluding hydrogens is 174 g/mol. The van der Waals surface area contributed by atoms with Crippen LogP contribution in [0, 0.1) is 10.1 Å². The number of rotatable bonds is 2. The van der Waals surface area contributed by atoms with Gasteiger partial charge in [-0.15, -0.1) is 0 Å². The highest BCUT2D eigenvalue weighted by Gasteiger charge is 2.43. The predicted octanol–water partition coefficient (Wildman–Crippen LogP) is 1.04. The molecule has 0 heterocycles. The normalized spacial score (nSPS) is 25.6. The van der Waals surface area contributed by atoms with Gasteiger partial charge in [-0.2, -0.15) is 0 Å². The van der Waals surface area contributed by atoms with Gasteiger partial charge in [-0.3, -0.25) is 14.9 Å². The number of carbonyl (C=O) groups is 1. The van der Waals surface area contributed by atoms with Crippen LogP contribution in [0.4, 0.5) is 0 Å². The van der Waals surface area contributed by atoms with E-state index in [2.05, 4.69) is 4.74 Å². The fourth-order valence-corrected chi connectivity index (χ4v) is 1.09. The molecule has 0 saturated carbocycles. The number of esters is 1. The molecule has 1 rings (SSSR count). The summed E-state index contributed by atoms with van der Waals surface area (Å²) >= 11 is 0. The lowest BCUT2D eigenvalue weighted by Crippen LogP contribution is -2.41. The zero-order valence-electron chi connectivity index (χ0n) is 7.10. The zero-order chi connectivity index (χ0) is 9.90. The minimum absolute atomic E-state index is 0.0794. The lowest BCUT2D eigenvalue weighted by atomic mass is 10.1. The fourth-order valence-electron chi connectivity index (χ4n) is 1.09. The first-order valence-corrected chi connectivity index (χ1v) is 3.75. The third-order valence-corrected chi connectivity index (χ3v) is 1.64. The molecule has 1 unspecified atom stereocenters. The molecule has 1 atom stereocenters. The van der Waals surface area contributed by atoms with E-state index in [4.69, 9.17) is 0 Å².